The van der Waals surface area contributed by atoms with E-state index in [4.69, 9.17) is 0 Å². The van der Waals surface area contributed by atoms with Crippen molar-refractivity contribution in [2.75, 3.05) is 18.9 Å². The Labute approximate surface area is 115 Å². The first-order valence-electron chi connectivity index (χ1n) is 6.33. The highest BCUT2D eigenvalue weighted by molar-refractivity contribution is 5.99. The first-order valence-corrected chi connectivity index (χ1v) is 6.33. The molecule has 0 unspecified atom stereocenters. The van der Waals surface area contributed by atoms with Gasteiger partial charge in [-0.1, -0.05) is 6.07 Å². The number of carbonyl (C=O) groups excluding carboxylic acids is 1. The largest absolute Gasteiger partial charge is 0.385 e. The van der Waals surface area contributed by atoms with Crippen molar-refractivity contribution in [3.05, 3.63) is 41.7 Å². The predicted octanol–water partition coefficient (Wildman–Crippen LogP) is 1.11. The van der Waals surface area contributed by atoms with E-state index in [-0.39, 0.29) is 11.6 Å². The van der Waals surface area contributed by atoms with Gasteiger partial charge >= 0.3 is 0 Å². The summed E-state index contributed by atoms with van der Waals surface area (Å²) in [5.41, 5.74) is 0.560. The monoisotopic (exact) mass is 275 g/mol. The second-order valence-electron chi connectivity index (χ2n) is 4.58. The molecule has 2 aromatic rings. The fraction of sp³-hybridized carbons (Fsp3) is 0.308. The molecule has 7 heteroatoms. The van der Waals surface area contributed by atoms with E-state index in [9.17, 15) is 9.18 Å². The molecule has 6 nitrogen and oxygen atoms in total. The lowest BCUT2D eigenvalue weighted by Crippen LogP contribution is -2.38. The molecule has 0 atom stereocenters. The van der Waals surface area contributed by atoms with Crippen molar-refractivity contribution in [3.63, 3.8) is 0 Å². The standard InChI is InChI=1S/C13H14FN5O/c1-15-12-9(3-2-4-10(12)14)13(20)18-5-6-19-8-16-17-11(19)7-18/h2-4,8,15H,5-7H2,1H3. The summed E-state index contributed by atoms with van der Waals surface area (Å²) in [6.45, 7) is 1.60. The van der Waals surface area contributed by atoms with Gasteiger partial charge in [-0.05, 0) is 12.1 Å². The molecule has 1 aliphatic heterocycles. The number of anilines is 1. The molecule has 0 saturated carbocycles. The lowest BCUT2D eigenvalue weighted by atomic mass is 10.1. The molecule has 2 heterocycles. The van der Waals surface area contributed by atoms with E-state index < -0.39 is 5.82 Å². The molecule has 1 aromatic heterocycles. The van der Waals surface area contributed by atoms with Crippen molar-refractivity contribution in [1.29, 1.82) is 0 Å². The average Bonchev–Trinajstić information content (AvgIpc) is 2.93. The van der Waals surface area contributed by atoms with Crippen LogP contribution in [0.5, 0.6) is 0 Å². The number of fused-ring (bicyclic) bond motifs is 1. The minimum Gasteiger partial charge on any atom is -0.385 e. The highest BCUT2D eigenvalue weighted by Gasteiger charge is 2.25. The van der Waals surface area contributed by atoms with Gasteiger partial charge in [0, 0.05) is 20.1 Å². The van der Waals surface area contributed by atoms with Gasteiger partial charge in [0.05, 0.1) is 17.8 Å². The molecule has 1 aliphatic rings. The van der Waals surface area contributed by atoms with Gasteiger partial charge in [-0.15, -0.1) is 10.2 Å². The van der Waals surface area contributed by atoms with Gasteiger partial charge in [-0.2, -0.15) is 0 Å². The molecule has 104 valence electrons. The number of nitrogens with zero attached hydrogens (tertiary/aromatic N) is 4. The number of benzene rings is 1. The van der Waals surface area contributed by atoms with E-state index in [0.29, 0.717) is 25.2 Å². The summed E-state index contributed by atoms with van der Waals surface area (Å²) >= 11 is 0. The fourth-order valence-corrected chi connectivity index (χ4v) is 2.37. The van der Waals surface area contributed by atoms with Crippen molar-refractivity contribution >= 4 is 11.6 Å². The van der Waals surface area contributed by atoms with Gasteiger partial charge in [0.15, 0.2) is 5.82 Å². The second kappa shape index (κ2) is 4.92. The van der Waals surface area contributed by atoms with Crippen molar-refractivity contribution in [1.82, 2.24) is 19.7 Å². The van der Waals surface area contributed by atoms with Crippen LogP contribution in [-0.4, -0.2) is 39.2 Å². The topological polar surface area (TPSA) is 63.1 Å². The summed E-state index contributed by atoms with van der Waals surface area (Å²) in [7, 11) is 1.60. The molecule has 0 aliphatic carbocycles. The zero-order chi connectivity index (χ0) is 14.1. The Bertz CT molecular complexity index is 654. The molecule has 0 radical (unpaired) electrons. The Morgan fingerprint density at radius 2 is 2.25 bits per heavy atom. The number of rotatable bonds is 2. The van der Waals surface area contributed by atoms with E-state index in [2.05, 4.69) is 15.5 Å². The fourth-order valence-electron chi connectivity index (χ4n) is 2.37. The summed E-state index contributed by atoms with van der Waals surface area (Å²) in [6, 6.07) is 4.49. The van der Waals surface area contributed by atoms with Gasteiger partial charge in [0.2, 0.25) is 0 Å². The van der Waals surface area contributed by atoms with E-state index in [1.807, 2.05) is 4.57 Å². The molecule has 1 aromatic carbocycles. The average molecular weight is 275 g/mol. The minimum atomic E-state index is -0.432. The Morgan fingerprint density at radius 3 is 3.05 bits per heavy atom. The van der Waals surface area contributed by atoms with Gasteiger partial charge in [-0.3, -0.25) is 4.79 Å². The minimum absolute atomic E-state index is 0.205. The van der Waals surface area contributed by atoms with Crippen LogP contribution in [0.2, 0.25) is 0 Å². The third-order valence-corrected chi connectivity index (χ3v) is 3.42. The maximum Gasteiger partial charge on any atom is 0.256 e. The summed E-state index contributed by atoms with van der Waals surface area (Å²) < 4.78 is 15.6. The number of aromatic nitrogens is 3. The van der Waals surface area contributed by atoms with Crippen LogP contribution in [0.15, 0.2) is 24.5 Å². The molecule has 1 N–H and O–H groups in total. The van der Waals surface area contributed by atoms with Gasteiger partial charge < -0.3 is 14.8 Å². The van der Waals surface area contributed by atoms with Crippen molar-refractivity contribution in [2.45, 2.75) is 13.1 Å². The summed E-state index contributed by atoms with van der Waals surface area (Å²) in [5.74, 6) is 0.105. The SMILES string of the molecule is CNc1c(F)cccc1C(=O)N1CCn2cnnc2C1. The van der Waals surface area contributed by atoms with Crippen molar-refractivity contribution < 1.29 is 9.18 Å². The number of hydrogen-bond donors (Lipinski definition) is 1. The molecular formula is C13H14FN5O. The van der Waals surface area contributed by atoms with E-state index >= 15 is 0 Å². The quantitative estimate of drug-likeness (QED) is 0.892. The van der Waals surface area contributed by atoms with Crippen molar-refractivity contribution in [3.8, 4) is 0 Å². The zero-order valence-electron chi connectivity index (χ0n) is 11.0. The highest BCUT2D eigenvalue weighted by atomic mass is 19.1. The van der Waals surface area contributed by atoms with Gasteiger partial charge in [-0.25, -0.2) is 4.39 Å². The molecule has 1 amide bonds. The van der Waals surface area contributed by atoms with Crippen molar-refractivity contribution in [2.24, 2.45) is 0 Å². The molecule has 0 fully saturated rings. The number of carbonyl (C=O) groups is 1. The molecule has 20 heavy (non-hydrogen) atoms. The van der Waals surface area contributed by atoms with E-state index in [1.165, 1.54) is 12.1 Å². The predicted molar refractivity (Wildman–Crippen MR) is 70.7 cm³/mol. The first kappa shape index (κ1) is 12.6. The van der Waals surface area contributed by atoms with E-state index in [1.54, 1.807) is 24.3 Å². The maximum absolute atomic E-state index is 13.7. The Hall–Kier alpha value is -2.44. The van der Waals surface area contributed by atoms with Gasteiger partial charge in [0.1, 0.15) is 12.1 Å². The van der Waals surface area contributed by atoms with Crippen LogP contribution < -0.4 is 5.32 Å². The normalized spacial score (nSPS) is 14.0. The summed E-state index contributed by atoms with van der Waals surface area (Å²) in [4.78, 5) is 14.2. The van der Waals surface area contributed by atoms with Crippen LogP contribution in [0.3, 0.4) is 0 Å². The molecule has 0 saturated heterocycles. The molecule has 0 spiro atoms. The summed E-state index contributed by atoms with van der Waals surface area (Å²) in [6.07, 6.45) is 1.65. The van der Waals surface area contributed by atoms with Crippen LogP contribution >= 0.6 is 0 Å². The lowest BCUT2D eigenvalue weighted by Gasteiger charge is -2.27. The third kappa shape index (κ3) is 2.01. The van der Waals surface area contributed by atoms with Crippen LogP contribution in [0, 0.1) is 5.82 Å². The smallest absolute Gasteiger partial charge is 0.256 e. The first-order chi connectivity index (χ1) is 9.70. The Kier molecular flexibility index (Phi) is 3.09. The number of para-hydroxylation sites is 1. The zero-order valence-corrected chi connectivity index (χ0v) is 11.0. The second-order valence-corrected chi connectivity index (χ2v) is 4.58. The maximum atomic E-state index is 13.7. The number of nitrogens with one attached hydrogen (secondary N) is 1. The Balaban J connectivity index is 1.89. The number of halogens is 1. The van der Waals surface area contributed by atoms with Crippen LogP contribution in [0.4, 0.5) is 10.1 Å². The molecule has 3 rings (SSSR count). The van der Waals surface area contributed by atoms with Crippen LogP contribution in [0.1, 0.15) is 16.2 Å². The number of hydrogen-bond acceptors (Lipinski definition) is 4. The summed E-state index contributed by atoms with van der Waals surface area (Å²) in [5, 5.41) is 10.5. The Morgan fingerprint density at radius 1 is 1.40 bits per heavy atom. The highest BCUT2D eigenvalue weighted by Crippen LogP contribution is 2.22. The molecular weight excluding hydrogens is 261 g/mol. The number of amides is 1. The van der Waals surface area contributed by atoms with Crippen LogP contribution in [0.25, 0.3) is 0 Å². The van der Waals surface area contributed by atoms with Gasteiger partial charge in [0.25, 0.3) is 5.91 Å². The third-order valence-electron chi connectivity index (χ3n) is 3.42. The lowest BCUT2D eigenvalue weighted by molar-refractivity contribution is 0.0708. The molecule has 0 bridgehead atoms. The van der Waals surface area contributed by atoms with Crippen LogP contribution in [-0.2, 0) is 13.1 Å². The van der Waals surface area contributed by atoms with E-state index in [0.717, 1.165) is 5.82 Å².